The Morgan fingerprint density at radius 1 is 0.889 bits per heavy atom. The Morgan fingerprint density at radius 3 is 2.06 bits per heavy atom. The number of benzene rings is 2. The third kappa shape index (κ3) is 3.20. The molecule has 0 aliphatic carbocycles. The summed E-state index contributed by atoms with van der Waals surface area (Å²) < 4.78 is 36.2. The number of hydrogen-bond donors (Lipinski definition) is 0. The summed E-state index contributed by atoms with van der Waals surface area (Å²) in [6.45, 7) is 0.243. The molecular formula is C14H12F2O2. The highest BCUT2D eigenvalue weighted by atomic mass is 19.1. The van der Waals surface area contributed by atoms with E-state index >= 15 is 0 Å². The normalized spacial score (nSPS) is 10.2. The van der Waals surface area contributed by atoms with Gasteiger partial charge in [0.05, 0.1) is 7.11 Å². The molecule has 0 saturated heterocycles. The van der Waals surface area contributed by atoms with Crippen LogP contribution in [0.2, 0.25) is 0 Å². The van der Waals surface area contributed by atoms with Gasteiger partial charge in [-0.2, -0.15) is 0 Å². The molecule has 2 rings (SSSR count). The maximum Gasteiger partial charge on any atom is 0.129 e. The van der Waals surface area contributed by atoms with Crippen LogP contribution in [0.3, 0.4) is 0 Å². The van der Waals surface area contributed by atoms with E-state index in [4.69, 9.17) is 9.47 Å². The second-order valence-electron chi connectivity index (χ2n) is 3.74. The summed E-state index contributed by atoms with van der Waals surface area (Å²) in [6, 6.07) is 10.3. The summed E-state index contributed by atoms with van der Waals surface area (Å²) >= 11 is 0. The zero-order valence-corrected chi connectivity index (χ0v) is 9.82. The van der Waals surface area contributed by atoms with Crippen molar-refractivity contribution in [3.63, 3.8) is 0 Å². The third-order valence-electron chi connectivity index (χ3n) is 2.40. The van der Waals surface area contributed by atoms with Gasteiger partial charge in [-0.3, -0.25) is 0 Å². The van der Waals surface area contributed by atoms with Crippen LogP contribution in [0.1, 0.15) is 5.56 Å². The van der Waals surface area contributed by atoms with Crippen LogP contribution in [-0.2, 0) is 6.61 Å². The van der Waals surface area contributed by atoms with Gasteiger partial charge in [0.15, 0.2) is 0 Å². The van der Waals surface area contributed by atoms with Crippen molar-refractivity contribution in [1.29, 1.82) is 0 Å². The van der Waals surface area contributed by atoms with Crippen molar-refractivity contribution in [2.75, 3.05) is 7.11 Å². The maximum atomic E-state index is 12.9. The number of rotatable bonds is 4. The van der Waals surface area contributed by atoms with Gasteiger partial charge in [0.2, 0.25) is 0 Å². The minimum Gasteiger partial charge on any atom is -0.497 e. The quantitative estimate of drug-likeness (QED) is 0.826. The first kappa shape index (κ1) is 12.4. The SMILES string of the molecule is COc1ccc(COc2cc(F)cc(F)c2)cc1. The topological polar surface area (TPSA) is 18.5 Å². The third-order valence-corrected chi connectivity index (χ3v) is 2.40. The van der Waals surface area contributed by atoms with Gasteiger partial charge >= 0.3 is 0 Å². The molecule has 0 radical (unpaired) electrons. The molecule has 0 aliphatic heterocycles. The molecule has 0 heterocycles. The number of hydrogen-bond acceptors (Lipinski definition) is 2. The van der Waals surface area contributed by atoms with Crippen molar-refractivity contribution in [2.24, 2.45) is 0 Å². The summed E-state index contributed by atoms with van der Waals surface area (Å²) in [7, 11) is 1.58. The highest BCUT2D eigenvalue weighted by molar-refractivity contribution is 5.28. The van der Waals surface area contributed by atoms with Gasteiger partial charge in [-0.25, -0.2) is 8.78 Å². The summed E-state index contributed by atoms with van der Waals surface area (Å²) in [6.07, 6.45) is 0. The van der Waals surface area contributed by atoms with Crippen LogP contribution in [0.4, 0.5) is 8.78 Å². The van der Waals surface area contributed by atoms with Crippen molar-refractivity contribution in [2.45, 2.75) is 6.61 Å². The van der Waals surface area contributed by atoms with Gasteiger partial charge in [0, 0.05) is 18.2 Å². The molecule has 18 heavy (non-hydrogen) atoms. The molecule has 0 bridgehead atoms. The zero-order chi connectivity index (χ0) is 13.0. The Labute approximate surface area is 104 Å². The first-order valence-electron chi connectivity index (χ1n) is 5.39. The Morgan fingerprint density at radius 2 is 1.50 bits per heavy atom. The van der Waals surface area contributed by atoms with Crippen molar-refractivity contribution in [3.8, 4) is 11.5 Å². The maximum absolute atomic E-state index is 12.9. The molecule has 0 fully saturated rings. The molecule has 0 aromatic heterocycles. The lowest BCUT2D eigenvalue weighted by Gasteiger charge is -2.07. The predicted octanol–water partition coefficient (Wildman–Crippen LogP) is 3.55. The Hall–Kier alpha value is -2.10. The highest BCUT2D eigenvalue weighted by Gasteiger charge is 2.02. The van der Waals surface area contributed by atoms with Crippen molar-refractivity contribution in [1.82, 2.24) is 0 Å². The fraction of sp³-hybridized carbons (Fsp3) is 0.143. The van der Waals surface area contributed by atoms with E-state index in [0.29, 0.717) is 0 Å². The van der Waals surface area contributed by atoms with E-state index in [2.05, 4.69) is 0 Å². The van der Waals surface area contributed by atoms with Crippen LogP contribution in [-0.4, -0.2) is 7.11 Å². The number of halogens is 2. The monoisotopic (exact) mass is 250 g/mol. The van der Waals surface area contributed by atoms with E-state index < -0.39 is 11.6 Å². The van der Waals surface area contributed by atoms with E-state index in [-0.39, 0.29) is 12.4 Å². The Balaban J connectivity index is 2.01. The minimum atomic E-state index is -0.653. The molecule has 94 valence electrons. The van der Waals surface area contributed by atoms with E-state index in [1.165, 1.54) is 0 Å². The van der Waals surface area contributed by atoms with E-state index in [1.54, 1.807) is 19.2 Å². The number of methoxy groups -OCH3 is 1. The average Bonchev–Trinajstić information content (AvgIpc) is 2.36. The first-order chi connectivity index (χ1) is 8.67. The van der Waals surface area contributed by atoms with Crippen LogP contribution in [0.15, 0.2) is 42.5 Å². The van der Waals surface area contributed by atoms with Crippen LogP contribution < -0.4 is 9.47 Å². The predicted molar refractivity (Wildman–Crippen MR) is 63.7 cm³/mol. The summed E-state index contributed by atoms with van der Waals surface area (Å²) in [4.78, 5) is 0. The molecule has 0 saturated carbocycles. The lowest BCUT2D eigenvalue weighted by atomic mass is 10.2. The summed E-state index contributed by atoms with van der Waals surface area (Å²) in [5, 5.41) is 0. The van der Waals surface area contributed by atoms with E-state index in [1.807, 2.05) is 12.1 Å². The van der Waals surface area contributed by atoms with Crippen molar-refractivity contribution >= 4 is 0 Å². The minimum absolute atomic E-state index is 0.170. The largest absolute Gasteiger partial charge is 0.497 e. The highest BCUT2D eigenvalue weighted by Crippen LogP contribution is 2.18. The van der Waals surface area contributed by atoms with E-state index in [9.17, 15) is 8.78 Å². The Bertz CT molecular complexity index is 504. The molecule has 0 aliphatic rings. The molecule has 0 atom stereocenters. The lowest BCUT2D eigenvalue weighted by Crippen LogP contribution is -1.96. The smallest absolute Gasteiger partial charge is 0.129 e. The van der Waals surface area contributed by atoms with Gasteiger partial charge in [0.25, 0.3) is 0 Å². The molecule has 0 N–H and O–H groups in total. The number of ether oxygens (including phenoxy) is 2. The summed E-state index contributed by atoms with van der Waals surface area (Å²) in [5.74, 6) is -0.390. The van der Waals surface area contributed by atoms with Gasteiger partial charge in [-0.1, -0.05) is 12.1 Å². The fourth-order valence-corrected chi connectivity index (χ4v) is 1.50. The molecule has 2 aromatic rings. The second-order valence-corrected chi connectivity index (χ2v) is 3.74. The standard InChI is InChI=1S/C14H12F2O2/c1-17-13-4-2-10(3-5-13)9-18-14-7-11(15)6-12(16)8-14/h2-8H,9H2,1H3. The fourth-order valence-electron chi connectivity index (χ4n) is 1.50. The molecule has 2 aromatic carbocycles. The van der Waals surface area contributed by atoms with Gasteiger partial charge in [0.1, 0.15) is 29.7 Å². The average molecular weight is 250 g/mol. The molecule has 2 nitrogen and oxygen atoms in total. The lowest BCUT2D eigenvalue weighted by molar-refractivity contribution is 0.302. The van der Waals surface area contributed by atoms with Crippen molar-refractivity contribution < 1.29 is 18.3 Å². The first-order valence-corrected chi connectivity index (χ1v) is 5.39. The van der Waals surface area contributed by atoms with Crippen LogP contribution in [0, 0.1) is 11.6 Å². The van der Waals surface area contributed by atoms with Gasteiger partial charge in [-0.15, -0.1) is 0 Å². The van der Waals surface area contributed by atoms with E-state index in [0.717, 1.165) is 29.5 Å². The second kappa shape index (κ2) is 5.49. The van der Waals surface area contributed by atoms with Crippen LogP contribution in [0.5, 0.6) is 11.5 Å². The Kier molecular flexibility index (Phi) is 3.77. The van der Waals surface area contributed by atoms with Gasteiger partial charge in [-0.05, 0) is 17.7 Å². The van der Waals surface area contributed by atoms with Crippen LogP contribution in [0.25, 0.3) is 0 Å². The molecule has 0 amide bonds. The molecule has 0 unspecified atom stereocenters. The van der Waals surface area contributed by atoms with Crippen molar-refractivity contribution in [3.05, 3.63) is 59.7 Å². The van der Waals surface area contributed by atoms with Crippen LogP contribution >= 0.6 is 0 Å². The molecular weight excluding hydrogens is 238 g/mol. The molecule has 0 spiro atoms. The molecule has 4 heteroatoms. The summed E-state index contributed by atoms with van der Waals surface area (Å²) in [5.41, 5.74) is 0.889. The van der Waals surface area contributed by atoms with Gasteiger partial charge < -0.3 is 9.47 Å². The zero-order valence-electron chi connectivity index (χ0n) is 9.82.